The van der Waals surface area contributed by atoms with Crippen LogP contribution in [0, 0.1) is 6.92 Å². The molecule has 1 heterocycles. The molecule has 0 saturated heterocycles. The average molecular weight is 359 g/mol. The van der Waals surface area contributed by atoms with Gasteiger partial charge in [-0.3, -0.25) is 9.59 Å². The van der Waals surface area contributed by atoms with Crippen molar-refractivity contribution in [1.29, 1.82) is 0 Å². The molecule has 0 aliphatic carbocycles. The molecular weight excluding hydrogens is 334 g/mol. The van der Waals surface area contributed by atoms with Crippen LogP contribution in [0.5, 0.6) is 0 Å². The van der Waals surface area contributed by atoms with Crippen LogP contribution in [0.1, 0.15) is 36.6 Å². The summed E-state index contributed by atoms with van der Waals surface area (Å²) in [6.45, 7) is 4.69. The topological polar surface area (TPSA) is 62.3 Å². The Hall–Kier alpha value is -2.21. The Bertz CT molecular complexity index is 685. The molecule has 6 heteroatoms. The predicted molar refractivity (Wildman–Crippen MR) is 102 cm³/mol. The molecular formula is C19H25N3O2S. The first-order valence-electron chi connectivity index (χ1n) is 8.62. The van der Waals surface area contributed by atoms with Crippen LogP contribution < -0.4 is 5.32 Å². The normalized spacial score (nSPS) is 10.5. The summed E-state index contributed by atoms with van der Waals surface area (Å²) >= 11 is 1.43. The van der Waals surface area contributed by atoms with Gasteiger partial charge >= 0.3 is 0 Å². The lowest BCUT2D eigenvalue weighted by Gasteiger charge is -2.22. The number of hydrogen-bond acceptors (Lipinski definition) is 4. The second-order valence-corrected chi connectivity index (χ2v) is 7.21. The van der Waals surface area contributed by atoms with Gasteiger partial charge in [-0.25, -0.2) is 4.98 Å². The number of carbonyl (C=O) groups excluding carboxylic acids is 2. The van der Waals surface area contributed by atoms with Crippen LogP contribution in [-0.4, -0.2) is 34.8 Å². The summed E-state index contributed by atoms with van der Waals surface area (Å²) in [6.07, 6.45) is 4.70. The third-order valence-corrected chi connectivity index (χ3v) is 4.63. The van der Waals surface area contributed by atoms with Gasteiger partial charge in [-0.2, -0.15) is 0 Å². The van der Waals surface area contributed by atoms with Crippen molar-refractivity contribution in [2.75, 3.05) is 18.4 Å². The van der Waals surface area contributed by atoms with Crippen molar-refractivity contribution in [1.82, 2.24) is 9.88 Å². The lowest BCUT2D eigenvalue weighted by molar-refractivity contribution is -0.134. The average Bonchev–Trinajstić information content (AvgIpc) is 3.02. The SMILES string of the molecule is CCCCN(CC(=O)Nc1ncc(C)s1)C(=O)CCc1ccccc1. The summed E-state index contributed by atoms with van der Waals surface area (Å²) in [7, 11) is 0. The molecule has 0 fully saturated rings. The van der Waals surface area contributed by atoms with Gasteiger partial charge in [-0.15, -0.1) is 11.3 Å². The number of amides is 2. The lowest BCUT2D eigenvalue weighted by Crippen LogP contribution is -2.38. The maximum atomic E-state index is 12.5. The van der Waals surface area contributed by atoms with E-state index in [-0.39, 0.29) is 18.4 Å². The van der Waals surface area contributed by atoms with Gasteiger partial charge in [0, 0.05) is 24.0 Å². The number of hydrogen-bond donors (Lipinski definition) is 1. The first kappa shape index (κ1) is 19.1. The molecule has 25 heavy (non-hydrogen) atoms. The lowest BCUT2D eigenvalue weighted by atomic mass is 10.1. The molecule has 134 valence electrons. The van der Waals surface area contributed by atoms with Crippen molar-refractivity contribution in [3.8, 4) is 0 Å². The zero-order valence-electron chi connectivity index (χ0n) is 14.8. The minimum absolute atomic E-state index is 0.0165. The summed E-state index contributed by atoms with van der Waals surface area (Å²) in [5.74, 6) is -0.179. The van der Waals surface area contributed by atoms with Gasteiger partial charge in [0.25, 0.3) is 0 Å². The minimum Gasteiger partial charge on any atom is -0.333 e. The van der Waals surface area contributed by atoms with E-state index >= 15 is 0 Å². The van der Waals surface area contributed by atoms with Crippen molar-refractivity contribution < 1.29 is 9.59 Å². The van der Waals surface area contributed by atoms with Gasteiger partial charge < -0.3 is 10.2 Å². The molecule has 0 radical (unpaired) electrons. The smallest absolute Gasteiger partial charge is 0.245 e. The standard InChI is InChI=1S/C19H25N3O2S/c1-3-4-12-22(14-17(23)21-19-20-13-15(2)25-19)18(24)11-10-16-8-6-5-7-9-16/h5-9,13H,3-4,10-12,14H2,1-2H3,(H,20,21,23). The van der Waals surface area contributed by atoms with Crippen molar-refractivity contribution in [3.63, 3.8) is 0 Å². The van der Waals surface area contributed by atoms with Crippen LogP contribution in [0.25, 0.3) is 0 Å². The Kier molecular flexibility index (Phi) is 7.60. The van der Waals surface area contributed by atoms with E-state index in [0.717, 1.165) is 23.3 Å². The monoisotopic (exact) mass is 359 g/mol. The van der Waals surface area contributed by atoms with E-state index in [1.54, 1.807) is 11.1 Å². The maximum Gasteiger partial charge on any atom is 0.245 e. The molecule has 2 rings (SSSR count). The highest BCUT2D eigenvalue weighted by atomic mass is 32.1. The molecule has 1 N–H and O–H groups in total. The number of carbonyl (C=O) groups is 2. The number of thiazole rings is 1. The highest BCUT2D eigenvalue weighted by Gasteiger charge is 2.17. The molecule has 0 aliphatic rings. The largest absolute Gasteiger partial charge is 0.333 e. The number of nitrogens with one attached hydrogen (secondary N) is 1. The molecule has 0 spiro atoms. The quantitative estimate of drug-likeness (QED) is 0.743. The van der Waals surface area contributed by atoms with Crippen LogP contribution >= 0.6 is 11.3 Å². The first-order valence-corrected chi connectivity index (χ1v) is 9.44. The molecule has 0 bridgehead atoms. The zero-order valence-corrected chi connectivity index (χ0v) is 15.6. The Morgan fingerprint density at radius 3 is 2.64 bits per heavy atom. The zero-order chi connectivity index (χ0) is 18.1. The molecule has 5 nitrogen and oxygen atoms in total. The fourth-order valence-electron chi connectivity index (χ4n) is 2.44. The second-order valence-electron chi connectivity index (χ2n) is 5.98. The molecule has 2 aromatic rings. The first-order chi connectivity index (χ1) is 12.1. The van der Waals surface area contributed by atoms with Crippen LogP contribution in [0.2, 0.25) is 0 Å². The Morgan fingerprint density at radius 2 is 2.00 bits per heavy atom. The number of aromatic nitrogens is 1. The number of nitrogens with zero attached hydrogens (tertiary/aromatic N) is 2. The van der Waals surface area contributed by atoms with Crippen LogP contribution in [0.15, 0.2) is 36.5 Å². The van der Waals surface area contributed by atoms with E-state index in [9.17, 15) is 9.59 Å². The number of rotatable bonds is 9. The Morgan fingerprint density at radius 1 is 1.24 bits per heavy atom. The molecule has 0 saturated carbocycles. The Balaban J connectivity index is 1.89. The highest BCUT2D eigenvalue weighted by molar-refractivity contribution is 7.15. The summed E-state index contributed by atoms with van der Waals surface area (Å²) in [6, 6.07) is 9.93. The van der Waals surface area contributed by atoms with Crippen LogP contribution in [-0.2, 0) is 16.0 Å². The highest BCUT2D eigenvalue weighted by Crippen LogP contribution is 2.16. The fourth-order valence-corrected chi connectivity index (χ4v) is 3.12. The summed E-state index contributed by atoms with van der Waals surface area (Å²) in [5.41, 5.74) is 1.13. The second kappa shape index (κ2) is 9.93. The van der Waals surface area contributed by atoms with E-state index in [4.69, 9.17) is 0 Å². The van der Waals surface area contributed by atoms with E-state index in [0.29, 0.717) is 24.5 Å². The number of aryl methyl sites for hydroxylation is 2. The van der Waals surface area contributed by atoms with Gasteiger partial charge in [0.1, 0.15) is 0 Å². The van der Waals surface area contributed by atoms with Crippen LogP contribution in [0.4, 0.5) is 5.13 Å². The third-order valence-electron chi connectivity index (χ3n) is 3.81. The van der Waals surface area contributed by atoms with Gasteiger partial charge in [0.2, 0.25) is 11.8 Å². The maximum absolute atomic E-state index is 12.5. The summed E-state index contributed by atoms with van der Waals surface area (Å²) in [5, 5.41) is 3.35. The van der Waals surface area contributed by atoms with E-state index in [1.165, 1.54) is 11.3 Å². The van der Waals surface area contributed by atoms with E-state index in [2.05, 4.69) is 17.2 Å². The number of unbranched alkanes of at least 4 members (excludes halogenated alkanes) is 1. The van der Waals surface area contributed by atoms with E-state index in [1.807, 2.05) is 37.3 Å². The number of benzene rings is 1. The molecule has 0 atom stereocenters. The van der Waals surface area contributed by atoms with Crippen molar-refractivity contribution in [2.45, 2.75) is 39.5 Å². The molecule has 2 amide bonds. The minimum atomic E-state index is -0.196. The molecule has 0 aliphatic heterocycles. The third kappa shape index (κ3) is 6.66. The van der Waals surface area contributed by atoms with Crippen molar-refractivity contribution in [2.24, 2.45) is 0 Å². The van der Waals surface area contributed by atoms with Gasteiger partial charge in [0.05, 0.1) is 6.54 Å². The molecule has 1 aromatic heterocycles. The fraction of sp³-hybridized carbons (Fsp3) is 0.421. The van der Waals surface area contributed by atoms with Gasteiger partial charge in [-0.1, -0.05) is 43.7 Å². The van der Waals surface area contributed by atoms with E-state index < -0.39 is 0 Å². The summed E-state index contributed by atoms with van der Waals surface area (Å²) < 4.78 is 0. The van der Waals surface area contributed by atoms with Crippen LogP contribution in [0.3, 0.4) is 0 Å². The number of anilines is 1. The molecule has 0 unspecified atom stereocenters. The van der Waals surface area contributed by atoms with Gasteiger partial charge in [-0.05, 0) is 25.3 Å². The van der Waals surface area contributed by atoms with Crippen molar-refractivity contribution >= 4 is 28.3 Å². The molecule has 1 aromatic carbocycles. The van der Waals surface area contributed by atoms with Gasteiger partial charge in [0.15, 0.2) is 5.13 Å². The summed E-state index contributed by atoms with van der Waals surface area (Å²) in [4.78, 5) is 31.6. The van der Waals surface area contributed by atoms with Crippen molar-refractivity contribution in [3.05, 3.63) is 47.0 Å². The Labute approximate surface area is 153 Å². The predicted octanol–water partition coefficient (Wildman–Crippen LogP) is 3.65.